The first-order valence-corrected chi connectivity index (χ1v) is 8.48. The van der Waals surface area contributed by atoms with Crippen molar-refractivity contribution in [3.63, 3.8) is 0 Å². The van der Waals surface area contributed by atoms with E-state index in [1.54, 1.807) is 28.6 Å². The number of benzene rings is 1. The van der Waals surface area contributed by atoms with Crippen molar-refractivity contribution < 1.29 is 9.18 Å². The molecule has 0 saturated carbocycles. The van der Waals surface area contributed by atoms with E-state index in [0.29, 0.717) is 0 Å². The molecule has 0 saturated heterocycles. The molecule has 1 aromatic carbocycles. The van der Waals surface area contributed by atoms with E-state index in [9.17, 15) is 9.18 Å². The lowest BCUT2D eigenvalue weighted by atomic mass is 10.1. The number of fused-ring (bicyclic) bond motifs is 1. The Morgan fingerprint density at radius 2 is 2.04 bits per heavy atom. The number of hydrogen-bond donors (Lipinski definition) is 1. The van der Waals surface area contributed by atoms with Gasteiger partial charge in [0.1, 0.15) is 17.7 Å². The van der Waals surface area contributed by atoms with Crippen LogP contribution < -0.4 is 5.32 Å². The molecule has 1 amide bonds. The van der Waals surface area contributed by atoms with Gasteiger partial charge in [0.25, 0.3) is 0 Å². The summed E-state index contributed by atoms with van der Waals surface area (Å²) in [6.07, 6.45) is 0. The number of anilines is 1. The maximum Gasteiger partial charge on any atom is 0.247 e. The topological polar surface area (TPSA) is 50.2 Å². The van der Waals surface area contributed by atoms with Gasteiger partial charge in [-0.25, -0.2) is 4.39 Å². The number of amides is 1. The van der Waals surface area contributed by atoms with Gasteiger partial charge < -0.3 is 5.32 Å². The van der Waals surface area contributed by atoms with E-state index in [-0.39, 0.29) is 11.7 Å². The number of rotatable bonds is 4. The van der Waals surface area contributed by atoms with Crippen molar-refractivity contribution in [2.75, 3.05) is 19.4 Å². The minimum absolute atomic E-state index is 0.149. The van der Waals surface area contributed by atoms with Gasteiger partial charge in [-0.15, -0.1) is 0 Å². The van der Waals surface area contributed by atoms with Gasteiger partial charge in [-0.2, -0.15) is 16.9 Å². The molecular weight excluding hydrogens is 315 g/mol. The third-order valence-electron chi connectivity index (χ3n) is 3.91. The number of carbonyl (C=O) groups excluding carboxylic acids is 1. The van der Waals surface area contributed by atoms with Crippen LogP contribution in [-0.4, -0.2) is 34.7 Å². The van der Waals surface area contributed by atoms with Crippen LogP contribution >= 0.6 is 11.8 Å². The highest BCUT2D eigenvalue weighted by molar-refractivity contribution is 7.98. The van der Waals surface area contributed by atoms with Crippen LogP contribution in [0.5, 0.6) is 0 Å². The van der Waals surface area contributed by atoms with E-state index in [0.717, 1.165) is 34.1 Å². The van der Waals surface area contributed by atoms with Crippen molar-refractivity contribution >= 4 is 23.5 Å². The molecule has 1 N–H and O–H groups in total. The van der Waals surface area contributed by atoms with Crippen LogP contribution in [0.1, 0.15) is 22.9 Å². The second-order valence-electron chi connectivity index (χ2n) is 5.80. The minimum atomic E-state index is -0.491. The van der Waals surface area contributed by atoms with Gasteiger partial charge in [-0.1, -0.05) is 12.1 Å². The molecule has 23 heavy (non-hydrogen) atoms. The molecule has 0 spiro atoms. The van der Waals surface area contributed by atoms with E-state index in [1.807, 2.05) is 26.0 Å². The first-order chi connectivity index (χ1) is 11.0. The van der Waals surface area contributed by atoms with Gasteiger partial charge in [0.2, 0.25) is 5.91 Å². The van der Waals surface area contributed by atoms with E-state index >= 15 is 0 Å². The third kappa shape index (κ3) is 3.11. The monoisotopic (exact) mass is 334 g/mol. The van der Waals surface area contributed by atoms with Crippen molar-refractivity contribution in [3.05, 3.63) is 46.9 Å². The summed E-state index contributed by atoms with van der Waals surface area (Å²) in [5.74, 6) is 2.04. The highest BCUT2D eigenvalue weighted by atomic mass is 32.2. The molecule has 1 aromatic heterocycles. The number of thioether (sulfide) groups is 1. The van der Waals surface area contributed by atoms with Crippen molar-refractivity contribution in [2.24, 2.45) is 7.05 Å². The van der Waals surface area contributed by atoms with Gasteiger partial charge >= 0.3 is 0 Å². The van der Waals surface area contributed by atoms with Crippen LogP contribution in [0, 0.1) is 5.82 Å². The van der Waals surface area contributed by atoms with Crippen LogP contribution in [0.3, 0.4) is 0 Å². The Labute approximate surface area is 138 Å². The van der Waals surface area contributed by atoms with Gasteiger partial charge in [-0.05, 0) is 31.8 Å². The molecule has 0 radical (unpaired) electrons. The molecule has 1 atom stereocenters. The Morgan fingerprint density at radius 3 is 2.70 bits per heavy atom. The summed E-state index contributed by atoms with van der Waals surface area (Å²) in [4.78, 5) is 14.6. The Kier molecular flexibility index (Phi) is 4.41. The van der Waals surface area contributed by atoms with Crippen LogP contribution in [0.2, 0.25) is 0 Å². The molecule has 122 valence electrons. The van der Waals surface area contributed by atoms with Crippen LogP contribution in [0.25, 0.3) is 0 Å². The molecule has 0 aliphatic carbocycles. The second kappa shape index (κ2) is 6.33. The molecular formula is C16H19FN4OS. The fourth-order valence-electron chi connectivity index (χ4n) is 2.81. The average molecular weight is 334 g/mol. The van der Waals surface area contributed by atoms with Gasteiger partial charge in [0, 0.05) is 24.1 Å². The molecule has 0 bridgehead atoms. The number of halogens is 1. The maximum atomic E-state index is 13.1. The normalized spacial score (nSPS) is 14.8. The number of aryl methyl sites for hydroxylation is 1. The Balaban J connectivity index is 1.87. The fourth-order valence-corrected chi connectivity index (χ4v) is 3.85. The SMILES string of the molecule is CN(C)C(C(=O)Nc1c2c(nn1C)CSC2)c1ccc(F)cc1. The number of nitrogens with zero attached hydrogens (tertiary/aromatic N) is 3. The number of carbonyl (C=O) groups is 1. The number of likely N-dealkylation sites (N-methyl/N-ethyl adjacent to an activating group) is 1. The summed E-state index contributed by atoms with van der Waals surface area (Å²) in [7, 11) is 5.50. The second-order valence-corrected chi connectivity index (χ2v) is 6.78. The first kappa shape index (κ1) is 16.0. The predicted molar refractivity (Wildman–Crippen MR) is 89.7 cm³/mol. The molecule has 0 fully saturated rings. The van der Waals surface area contributed by atoms with Crippen LogP contribution in [0.4, 0.5) is 10.2 Å². The molecule has 3 rings (SSSR count). The lowest BCUT2D eigenvalue weighted by Crippen LogP contribution is -2.33. The lowest BCUT2D eigenvalue weighted by molar-refractivity contribution is -0.120. The van der Waals surface area contributed by atoms with Crippen molar-refractivity contribution in [1.29, 1.82) is 0 Å². The zero-order chi connectivity index (χ0) is 16.6. The van der Waals surface area contributed by atoms with Crippen molar-refractivity contribution in [1.82, 2.24) is 14.7 Å². The number of hydrogen-bond acceptors (Lipinski definition) is 4. The zero-order valence-electron chi connectivity index (χ0n) is 13.3. The molecule has 2 heterocycles. The van der Waals surface area contributed by atoms with E-state index in [2.05, 4.69) is 10.4 Å². The molecule has 1 unspecified atom stereocenters. The summed E-state index contributed by atoms with van der Waals surface area (Å²) in [6, 6.07) is 5.54. The van der Waals surface area contributed by atoms with E-state index < -0.39 is 6.04 Å². The predicted octanol–water partition coefficient (Wildman–Crippen LogP) is 2.55. The Hall–Kier alpha value is -1.86. The van der Waals surface area contributed by atoms with Gasteiger partial charge in [0.05, 0.1) is 5.69 Å². The zero-order valence-corrected chi connectivity index (χ0v) is 14.2. The summed E-state index contributed by atoms with van der Waals surface area (Å²) in [5, 5.41) is 7.45. The molecule has 5 nitrogen and oxygen atoms in total. The van der Waals surface area contributed by atoms with Crippen LogP contribution in [-0.2, 0) is 23.3 Å². The Bertz CT molecular complexity index is 726. The highest BCUT2D eigenvalue weighted by Gasteiger charge is 2.27. The maximum absolute atomic E-state index is 13.1. The van der Waals surface area contributed by atoms with Gasteiger partial charge in [-0.3, -0.25) is 14.4 Å². The molecule has 1 aliphatic heterocycles. The third-order valence-corrected chi connectivity index (χ3v) is 4.88. The Morgan fingerprint density at radius 1 is 1.35 bits per heavy atom. The van der Waals surface area contributed by atoms with E-state index in [4.69, 9.17) is 0 Å². The quantitative estimate of drug-likeness (QED) is 0.934. The van der Waals surface area contributed by atoms with Crippen LogP contribution in [0.15, 0.2) is 24.3 Å². The average Bonchev–Trinajstić information content (AvgIpc) is 3.04. The summed E-state index contributed by atoms with van der Waals surface area (Å²) >= 11 is 1.79. The smallest absolute Gasteiger partial charge is 0.247 e. The molecule has 1 aliphatic rings. The van der Waals surface area contributed by atoms with Crippen molar-refractivity contribution in [3.8, 4) is 0 Å². The van der Waals surface area contributed by atoms with Gasteiger partial charge in [0.15, 0.2) is 0 Å². The lowest BCUT2D eigenvalue weighted by Gasteiger charge is -2.24. The fraction of sp³-hybridized carbons (Fsp3) is 0.375. The number of aromatic nitrogens is 2. The molecule has 7 heteroatoms. The first-order valence-electron chi connectivity index (χ1n) is 7.32. The largest absolute Gasteiger partial charge is 0.309 e. The standard InChI is InChI=1S/C16H19FN4OS/c1-20(2)14(10-4-6-11(17)7-5-10)16(22)18-15-12-8-23-9-13(12)19-21(15)3/h4-7,14H,8-9H2,1-3H3,(H,18,22). The summed E-state index contributed by atoms with van der Waals surface area (Å²) in [5.41, 5.74) is 2.89. The van der Waals surface area contributed by atoms with E-state index in [1.165, 1.54) is 12.1 Å². The number of nitrogens with one attached hydrogen (secondary N) is 1. The summed E-state index contributed by atoms with van der Waals surface area (Å²) in [6.45, 7) is 0. The highest BCUT2D eigenvalue weighted by Crippen LogP contribution is 2.34. The summed E-state index contributed by atoms with van der Waals surface area (Å²) < 4.78 is 14.9. The van der Waals surface area contributed by atoms with Crippen molar-refractivity contribution in [2.45, 2.75) is 17.5 Å². The molecule has 2 aromatic rings. The minimum Gasteiger partial charge on any atom is -0.309 e.